The number of carbonyl (C=O) groups excluding carboxylic acids is 1. The Morgan fingerprint density at radius 2 is 1.78 bits per heavy atom. The van der Waals surface area contributed by atoms with Crippen molar-refractivity contribution in [3.8, 4) is 0 Å². The highest BCUT2D eigenvalue weighted by atomic mass is 35.5. The molecule has 2 N–H and O–H groups in total. The summed E-state index contributed by atoms with van der Waals surface area (Å²) in [4.78, 5) is 39.2. The largest absolute Gasteiger partial charge is 0.481 e. The van der Waals surface area contributed by atoms with E-state index >= 15 is 0 Å². The van der Waals surface area contributed by atoms with E-state index in [9.17, 15) is 31.2 Å². The monoisotopic (exact) mass is 822 g/mol. The van der Waals surface area contributed by atoms with Gasteiger partial charge in [-0.2, -0.15) is 13.9 Å². The van der Waals surface area contributed by atoms with E-state index < -0.39 is 40.4 Å². The number of amides is 1. The van der Waals surface area contributed by atoms with Gasteiger partial charge in [0.1, 0.15) is 11.9 Å². The maximum atomic E-state index is 14.2. The summed E-state index contributed by atoms with van der Waals surface area (Å²) in [5.74, 6) is -0.611. The smallest absolute Gasteiger partial charge is 0.333 e. The van der Waals surface area contributed by atoms with E-state index in [-0.39, 0.29) is 53.6 Å². The lowest BCUT2D eigenvalue weighted by Crippen LogP contribution is -2.44. The highest BCUT2D eigenvalue weighted by molar-refractivity contribution is 7.89. The van der Waals surface area contributed by atoms with Crippen LogP contribution < -0.4 is 4.72 Å². The Morgan fingerprint density at radius 1 is 1.05 bits per heavy atom. The maximum Gasteiger partial charge on any atom is 0.333 e. The molecule has 1 aromatic carbocycles. The number of rotatable bonds is 13. The molecule has 4 aliphatic heterocycles. The van der Waals surface area contributed by atoms with Gasteiger partial charge in [0.05, 0.1) is 11.4 Å². The molecule has 1 amide bonds. The molecule has 3 fully saturated rings. The van der Waals surface area contributed by atoms with E-state index in [2.05, 4.69) is 19.7 Å². The number of sulfonamides is 1. The Morgan fingerprint density at radius 3 is 2.44 bits per heavy atom. The molecule has 6 heterocycles. The molecular formula is C36H42ClF3N8O5S2. The second kappa shape index (κ2) is 16.7. The molecule has 0 bridgehead atoms. The zero-order valence-electron chi connectivity index (χ0n) is 29.9. The van der Waals surface area contributed by atoms with Crippen molar-refractivity contribution in [2.75, 3.05) is 45.0 Å². The number of carbonyl (C=O) groups is 2. The van der Waals surface area contributed by atoms with E-state index in [1.165, 1.54) is 29.5 Å². The third-order valence-electron chi connectivity index (χ3n) is 10.8. The van der Waals surface area contributed by atoms with Gasteiger partial charge in [0.25, 0.3) is 0 Å². The van der Waals surface area contributed by atoms with Gasteiger partial charge in [-0.15, -0.1) is 11.3 Å². The van der Waals surface area contributed by atoms with Gasteiger partial charge in [0.2, 0.25) is 15.9 Å². The molecule has 0 spiro atoms. The van der Waals surface area contributed by atoms with Gasteiger partial charge in [-0.3, -0.25) is 14.6 Å². The lowest BCUT2D eigenvalue weighted by Gasteiger charge is -2.35. The average molecular weight is 823 g/mol. The molecule has 296 valence electrons. The van der Waals surface area contributed by atoms with Gasteiger partial charge < -0.3 is 19.8 Å². The fourth-order valence-electron chi connectivity index (χ4n) is 8.02. The summed E-state index contributed by atoms with van der Waals surface area (Å²) in [7, 11) is -3.78. The second-order valence-electron chi connectivity index (χ2n) is 14.5. The molecule has 0 unspecified atom stereocenters. The van der Waals surface area contributed by atoms with Crippen LogP contribution in [-0.4, -0.2) is 112 Å². The third kappa shape index (κ3) is 9.25. The van der Waals surface area contributed by atoms with E-state index in [0.29, 0.717) is 84.3 Å². The first-order valence-corrected chi connectivity index (χ1v) is 21.2. The normalized spacial score (nSPS) is 21.7. The molecule has 7 rings (SSSR count). The van der Waals surface area contributed by atoms with E-state index in [0.717, 1.165) is 25.1 Å². The number of alkyl halides is 2. The Bertz CT molecular complexity index is 2050. The fourth-order valence-corrected chi connectivity index (χ4v) is 10.2. The number of aliphatic carboxylic acids is 1. The van der Waals surface area contributed by atoms with Crippen LogP contribution in [0.15, 0.2) is 52.7 Å². The van der Waals surface area contributed by atoms with Crippen LogP contribution in [0.1, 0.15) is 73.8 Å². The number of benzene rings is 1. The van der Waals surface area contributed by atoms with Crippen molar-refractivity contribution in [1.82, 2.24) is 34.2 Å². The average Bonchev–Trinajstić information content (AvgIpc) is 3.93. The highest BCUT2D eigenvalue weighted by Crippen LogP contribution is 2.46. The van der Waals surface area contributed by atoms with Crippen LogP contribution in [0, 0.1) is 17.7 Å². The van der Waals surface area contributed by atoms with Gasteiger partial charge in [0.15, 0.2) is 10.8 Å². The Kier molecular flexibility index (Phi) is 12.0. The number of likely N-dealkylation sites (tertiary alicyclic amines) is 2. The number of carboxylic acid groups (broad SMARTS) is 1. The van der Waals surface area contributed by atoms with Gasteiger partial charge >= 0.3 is 12.5 Å². The number of nitrogens with zero attached hydrogens (tertiary/aromatic N) is 7. The standard InChI is InChI=1S/C36H42ClF3N8O5S2/c37-27-19-24(38)1-2-26(27)33-32(28-7-13-48(43-28)36(39)40)29-20-25(21-47(29)34(42-33)35-41-8-15-54-35)44-55(52,53)16-14-45-9-3-22(4-10-45)17-30(49)46-11-5-23(6-12-46)18-31(50)51/h1-2,7-8,13,15,19,22-23,25,33,36,44H,3-6,9-12,14,16-18,20-21H2,(H,50,51)/t25-,33-/m0/s1. The van der Waals surface area contributed by atoms with Crippen LogP contribution in [0.5, 0.6) is 0 Å². The predicted molar refractivity (Wildman–Crippen MR) is 201 cm³/mol. The number of hydrogen-bond acceptors (Lipinski definition) is 10. The van der Waals surface area contributed by atoms with Gasteiger partial charge in [0, 0.05) is 91.1 Å². The summed E-state index contributed by atoms with van der Waals surface area (Å²) in [6.07, 6.45) is 6.53. The second-order valence-corrected chi connectivity index (χ2v) is 17.7. The molecule has 0 radical (unpaired) electrons. The minimum absolute atomic E-state index is 0.0904. The maximum absolute atomic E-state index is 14.2. The number of aliphatic imine (C=N–C) groups is 1. The highest BCUT2D eigenvalue weighted by Gasteiger charge is 2.42. The molecule has 55 heavy (non-hydrogen) atoms. The molecule has 19 heteroatoms. The number of aromatic nitrogens is 3. The Balaban J connectivity index is 1.01. The summed E-state index contributed by atoms with van der Waals surface area (Å²) in [5, 5.41) is 15.6. The molecule has 2 aromatic heterocycles. The topological polar surface area (TPSA) is 153 Å². The van der Waals surface area contributed by atoms with Crippen molar-refractivity contribution < 1.29 is 36.3 Å². The minimum atomic E-state index is -3.78. The molecule has 3 aromatic rings. The van der Waals surface area contributed by atoms with Gasteiger partial charge in [-0.05, 0) is 68.8 Å². The van der Waals surface area contributed by atoms with Crippen molar-refractivity contribution >= 4 is 56.2 Å². The number of halogens is 4. The molecule has 2 atom stereocenters. The number of piperidine rings is 2. The van der Waals surface area contributed by atoms with Crippen LogP contribution in [-0.2, 0) is 19.6 Å². The van der Waals surface area contributed by atoms with Crippen molar-refractivity contribution in [3.63, 3.8) is 0 Å². The minimum Gasteiger partial charge on any atom is -0.481 e. The van der Waals surface area contributed by atoms with Crippen LogP contribution in [0.25, 0.3) is 5.57 Å². The zero-order valence-corrected chi connectivity index (χ0v) is 32.3. The first-order valence-electron chi connectivity index (χ1n) is 18.3. The summed E-state index contributed by atoms with van der Waals surface area (Å²) in [6.45, 7) is 0.152. The summed E-state index contributed by atoms with van der Waals surface area (Å²) in [6, 6.07) is 3.89. The predicted octanol–water partition coefficient (Wildman–Crippen LogP) is 5.25. The lowest BCUT2D eigenvalue weighted by molar-refractivity contribution is -0.138. The summed E-state index contributed by atoms with van der Waals surface area (Å²) >= 11 is 7.89. The SMILES string of the molecule is O=C(O)CC1CCN(C(=O)CC2CCN(CCS(=O)(=O)N[C@H]3CC4=C(c5ccn(C(F)F)n5)[C@H](c5ccc(F)cc5Cl)N=C(c5nccs5)N4C3)CC2)CC1. The van der Waals surface area contributed by atoms with Crippen LogP contribution in [0.4, 0.5) is 13.2 Å². The van der Waals surface area contributed by atoms with E-state index in [1.54, 1.807) is 11.6 Å². The molecule has 3 saturated heterocycles. The summed E-state index contributed by atoms with van der Waals surface area (Å²) < 4.78 is 72.0. The van der Waals surface area contributed by atoms with Crippen LogP contribution in [0.3, 0.4) is 0 Å². The van der Waals surface area contributed by atoms with Crippen LogP contribution in [0.2, 0.25) is 5.02 Å². The van der Waals surface area contributed by atoms with E-state index in [1.807, 2.05) is 9.80 Å². The Hall–Kier alpha value is -3.84. The number of thiazole rings is 1. The van der Waals surface area contributed by atoms with Crippen LogP contribution >= 0.6 is 22.9 Å². The molecule has 13 nitrogen and oxygen atoms in total. The van der Waals surface area contributed by atoms with Crippen molar-refractivity contribution in [2.45, 2.75) is 63.6 Å². The zero-order chi connectivity index (χ0) is 38.9. The quantitative estimate of drug-likeness (QED) is 0.236. The number of fused-ring (bicyclic) bond motifs is 1. The van der Waals surface area contributed by atoms with Gasteiger partial charge in [-0.25, -0.2) is 27.2 Å². The molecular weight excluding hydrogens is 781 g/mol. The van der Waals surface area contributed by atoms with Gasteiger partial charge in [-0.1, -0.05) is 17.7 Å². The summed E-state index contributed by atoms with van der Waals surface area (Å²) in [5.41, 5.74) is 1.72. The van der Waals surface area contributed by atoms with Crippen molar-refractivity contribution in [2.24, 2.45) is 16.8 Å². The molecule has 0 aliphatic carbocycles. The molecule has 4 aliphatic rings. The Labute approximate surface area is 325 Å². The molecule has 0 saturated carbocycles. The number of amidine groups is 1. The third-order valence-corrected chi connectivity index (χ3v) is 13.4. The number of nitrogens with one attached hydrogen (secondary N) is 1. The first kappa shape index (κ1) is 39.4. The van der Waals surface area contributed by atoms with E-state index in [4.69, 9.17) is 21.7 Å². The van der Waals surface area contributed by atoms with Crippen molar-refractivity contribution in [1.29, 1.82) is 0 Å². The first-order chi connectivity index (χ1) is 26.3. The van der Waals surface area contributed by atoms with Crippen molar-refractivity contribution in [3.05, 3.63) is 74.8 Å². The number of carboxylic acids is 1. The number of hydrogen-bond donors (Lipinski definition) is 2. The fraction of sp³-hybridized carbons (Fsp3) is 0.528. The lowest BCUT2D eigenvalue weighted by atomic mass is 9.91.